The van der Waals surface area contributed by atoms with Gasteiger partial charge in [-0.3, -0.25) is 0 Å². The Labute approximate surface area is 110 Å². The van der Waals surface area contributed by atoms with Crippen LogP contribution in [0, 0.1) is 18.6 Å². The van der Waals surface area contributed by atoms with E-state index in [1.54, 1.807) is 19.1 Å². The Morgan fingerprint density at radius 1 is 1.05 bits per heavy atom. The van der Waals surface area contributed by atoms with Crippen LogP contribution in [-0.2, 0) is 13.2 Å². The van der Waals surface area contributed by atoms with Crippen LogP contribution in [0.15, 0.2) is 36.4 Å². The molecule has 0 bridgehead atoms. The van der Waals surface area contributed by atoms with Gasteiger partial charge in [0.2, 0.25) is 0 Å². The van der Waals surface area contributed by atoms with E-state index in [1.165, 1.54) is 24.3 Å². The van der Waals surface area contributed by atoms with E-state index in [2.05, 4.69) is 0 Å². The molecule has 0 amide bonds. The zero-order chi connectivity index (χ0) is 13.8. The molecular weight excluding hydrogens is 248 g/mol. The number of nitrogens with two attached hydrogens (primary N) is 1. The Morgan fingerprint density at radius 2 is 1.84 bits per heavy atom. The molecular formula is C15H15F2NO. The predicted octanol–water partition coefficient (Wildman–Crippen LogP) is 3.31. The van der Waals surface area contributed by atoms with Crippen molar-refractivity contribution in [3.8, 4) is 5.75 Å². The minimum absolute atomic E-state index is 0.254. The lowest BCUT2D eigenvalue weighted by molar-refractivity contribution is 0.303. The summed E-state index contributed by atoms with van der Waals surface area (Å²) in [6, 6.07) is 8.85. The first kappa shape index (κ1) is 13.5. The Kier molecular flexibility index (Phi) is 4.12. The monoisotopic (exact) mass is 263 g/mol. The normalized spacial score (nSPS) is 10.5. The van der Waals surface area contributed by atoms with E-state index in [9.17, 15) is 8.78 Å². The van der Waals surface area contributed by atoms with E-state index < -0.39 is 0 Å². The van der Waals surface area contributed by atoms with Crippen LogP contribution < -0.4 is 10.5 Å². The molecule has 0 fully saturated rings. The van der Waals surface area contributed by atoms with Gasteiger partial charge in [-0.25, -0.2) is 8.78 Å². The van der Waals surface area contributed by atoms with E-state index in [0.717, 1.165) is 11.1 Å². The molecule has 0 saturated heterocycles. The number of ether oxygens (including phenoxy) is 1. The van der Waals surface area contributed by atoms with Crippen molar-refractivity contribution >= 4 is 0 Å². The first-order chi connectivity index (χ1) is 9.08. The molecule has 0 radical (unpaired) electrons. The van der Waals surface area contributed by atoms with E-state index >= 15 is 0 Å². The van der Waals surface area contributed by atoms with Crippen LogP contribution in [0.5, 0.6) is 5.75 Å². The van der Waals surface area contributed by atoms with Crippen LogP contribution in [0.25, 0.3) is 0 Å². The van der Waals surface area contributed by atoms with Gasteiger partial charge in [-0.2, -0.15) is 0 Å². The van der Waals surface area contributed by atoms with Gasteiger partial charge in [0.15, 0.2) is 0 Å². The van der Waals surface area contributed by atoms with E-state index in [0.29, 0.717) is 11.3 Å². The standard InChI is InChI=1S/C15H15F2NO/c1-10-4-13(16)3-2-12(10)9-19-15-6-11(8-18)5-14(17)7-15/h2-7H,8-9,18H2,1H3. The van der Waals surface area contributed by atoms with Crippen molar-refractivity contribution in [2.45, 2.75) is 20.1 Å². The minimum Gasteiger partial charge on any atom is -0.489 e. The second-order valence-electron chi connectivity index (χ2n) is 4.36. The van der Waals surface area contributed by atoms with Gasteiger partial charge in [-0.15, -0.1) is 0 Å². The summed E-state index contributed by atoms with van der Waals surface area (Å²) in [5.74, 6) is -0.240. The molecule has 2 aromatic rings. The van der Waals surface area contributed by atoms with E-state index in [4.69, 9.17) is 10.5 Å². The van der Waals surface area contributed by atoms with Gasteiger partial charge in [0.25, 0.3) is 0 Å². The van der Waals surface area contributed by atoms with Crippen LogP contribution in [-0.4, -0.2) is 0 Å². The van der Waals surface area contributed by atoms with Gasteiger partial charge in [-0.05, 0) is 47.9 Å². The molecule has 0 aliphatic carbocycles. The Morgan fingerprint density at radius 3 is 2.53 bits per heavy atom. The molecule has 0 saturated carbocycles. The third-order valence-corrected chi connectivity index (χ3v) is 2.87. The van der Waals surface area contributed by atoms with Crippen LogP contribution in [0.2, 0.25) is 0 Å². The second kappa shape index (κ2) is 5.80. The van der Waals surface area contributed by atoms with Gasteiger partial charge in [0, 0.05) is 12.6 Å². The van der Waals surface area contributed by atoms with Crippen molar-refractivity contribution in [2.75, 3.05) is 0 Å². The molecule has 0 heterocycles. The van der Waals surface area contributed by atoms with Crippen LogP contribution in [0.1, 0.15) is 16.7 Å². The highest BCUT2D eigenvalue weighted by Crippen LogP contribution is 2.19. The van der Waals surface area contributed by atoms with E-state index in [-0.39, 0.29) is 24.8 Å². The third-order valence-electron chi connectivity index (χ3n) is 2.87. The number of hydrogen-bond acceptors (Lipinski definition) is 2. The van der Waals surface area contributed by atoms with Gasteiger partial charge in [0.1, 0.15) is 24.0 Å². The van der Waals surface area contributed by atoms with Gasteiger partial charge >= 0.3 is 0 Å². The quantitative estimate of drug-likeness (QED) is 0.918. The minimum atomic E-state index is -0.381. The predicted molar refractivity (Wildman–Crippen MR) is 69.8 cm³/mol. The average Bonchev–Trinajstić information content (AvgIpc) is 2.37. The molecule has 2 aromatic carbocycles. The average molecular weight is 263 g/mol. The van der Waals surface area contributed by atoms with Crippen molar-refractivity contribution in [3.05, 3.63) is 64.7 Å². The lowest BCUT2D eigenvalue weighted by Gasteiger charge is -2.10. The molecule has 4 heteroatoms. The Bertz CT molecular complexity index is 584. The fourth-order valence-corrected chi connectivity index (χ4v) is 1.80. The fraction of sp³-hybridized carbons (Fsp3) is 0.200. The first-order valence-electron chi connectivity index (χ1n) is 5.96. The largest absolute Gasteiger partial charge is 0.489 e. The van der Waals surface area contributed by atoms with Crippen molar-refractivity contribution in [1.29, 1.82) is 0 Å². The molecule has 0 aliphatic heterocycles. The maximum Gasteiger partial charge on any atom is 0.127 e. The van der Waals surface area contributed by atoms with Crippen molar-refractivity contribution in [3.63, 3.8) is 0 Å². The molecule has 0 unspecified atom stereocenters. The van der Waals surface area contributed by atoms with Crippen LogP contribution in [0.4, 0.5) is 8.78 Å². The van der Waals surface area contributed by atoms with Crippen LogP contribution >= 0.6 is 0 Å². The van der Waals surface area contributed by atoms with Gasteiger partial charge in [-0.1, -0.05) is 6.07 Å². The first-order valence-corrected chi connectivity index (χ1v) is 5.96. The second-order valence-corrected chi connectivity index (χ2v) is 4.36. The van der Waals surface area contributed by atoms with Crippen molar-refractivity contribution in [1.82, 2.24) is 0 Å². The van der Waals surface area contributed by atoms with Crippen molar-refractivity contribution < 1.29 is 13.5 Å². The summed E-state index contributed by atoms with van der Waals surface area (Å²) in [4.78, 5) is 0. The molecule has 0 spiro atoms. The zero-order valence-corrected chi connectivity index (χ0v) is 10.6. The van der Waals surface area contributed by atoms with Gasteiger partial charge in [0.05, 0.1) is 0 Å². The molecule has 19 heavy (non-hydrogen) atoms. The highest BCUT2D eigenvalue weighted by Gasteiger charge is 2.04. The highest BCUT2D eigenvalue weighted by atomic mass is 19.1. The number of aryl methyl sites for hydroxylation is 1. The summed E-state index contributed by atoms with van der Waals surface area (Å²) in [6.45, 7) is 2.32. The van der Waals surface area contributed by atoms with Gasteiger partial charge < -0.3 is 10.5 Å². The Hall–Kier alpha value is -1.94. The van der Waals surface area contributed by atoms with E-state index in [1.807, 2.05) is 0 Å². The van der Waals surface area contributed by atoms with Crippen molar-refractivity contribution in [2.24, 2.45) is 5.73 Å². The highest BCUT2D eigenvalue weighted by molar-refractivity contribution is 5.31. The molecule has 100 valence electrons. The third kappa shape index (κ3) is 3.51. The molecule has 2 rings (SSSR count). The number of hydrogen-bond donors (Lipinski definition) is 1. The fourth-order valence-electron chi connectivity index (χ4n) is 1.80. The Balaban J connectivity index is 2.12. The number of rotatable bonds is 4. The lowest BCUT2D eigenvalue weighted by Crippen LogP contribution is -2.01. The summed E-state index contributed by atoms with van der Waals surface area (Å²) in [5, 5.41) is 0. The zero-order valence-electron chi connectivity index (χ0n) is 10.6. The maximum atomic E-state index is 13.3. The molecule has 0 aliphatic rings. The molecule has 2 N–H and O–H groups in total. The maximum absolute atomic E-state index is 13.3. The number of benzene rings is 2. The topological polar surface area (TPSA) is 35.2 Å². The summed E-state index contributed by atoms with van der Waals surface area (Å²) in [6.07, 6.45) is 0. The SMILES string of the molecule is Cc1cc(F)ccc1COc1cc(F)cc(CN)c1. The number of halogens is 2. The molecule has 0 atom stereocenters. The summed E-state index contributed by atoms with van der Waals surface area (Å²) < 4.78 is 31.8. The molecule has 0 aromatic heterocycles. The smallest absolute Gasteiger partial charge is 0.127 e. The summed E-state index contributed by atoms with van der Waals surface area (Å²) in [7, 11) is 0. The summed E-state index contributed by atoms with van der Waals surface area (Å²) in [5.41, 5.74) is 7.81. The lowest BCUT2D eigenvalue weighted by atomic mass is 10.1. The van der Waals surface area contributed by atoms with Crippen LogP contribution in [0.3, 0.4) is 0 Å². The summed E-state index contributed by atoms with van der Waals surface area (Å²) >= 11 is 0. The molecule has 2 nitrogen and oxygen atoms in total.